The molecule has 0 spiro atoms. The van der Waals surface area contributed by atoms with E-state index in [1.54, 1.807) is 0 Å². The van der Waals surface area contributed by atoms with Crippen LogP contribution in [-0.4, -0.2) is 12.2 Å². The Kier molecular flexibility index (Phi) is 11.4. The number of unbranched alkanes of at least 4 members (excludes halogenated alkanes) is 12. The minimum absolute atomic E-state index is 0.543. The summed E-state index contributed by atoms with van der Waals surface area (Å²) < 4.78 is 5.65. The molecule has 0 saturated carbocycles. The Labute approximate surface area is 127 Å². The van der Waals surface area contributed by atoms with Gasteiger partial charge in [-0.1, -0.05) is 90.4 Å². The average Bonchev–Trinajstić information content (AvgIpc) is 2.41. The molecule has 0 amide bonds. The normalized spacial score (nSPS) is 21.9. The van der Waals surface area contributed by atoms with Gasteiger partial charge in [-0.25, -0.2) is 0 Å². The van der Waals surface area contributed by atoms with Crippen LogP contribution in [0.25, 0.3) is 0 Å². The van der Waals surface area contributed by atoms with Crippen LogP contribution in [0.1, 0.15) is 110 Å². The van der Waals surface area contributed by atoms with Crippen molar-refractivity contribution in [2.45, 2.75) is 122 Å². The third kappa shape index (κ3) is 9.80. The summed E-state index contributed by atoms with van der Waals surface area (Å²) in [7, 11) is 0. The van der Waals surface area contributed by atoms with Crippen molar-refractivity contribution in [2.75, 3.05) is 0 Å². The molecule has 1 nitrogen and oxygen atoms in total. The van der Waals surface area contributed by atoms with E-state index in [2.05, 4.69) is 13.8 Å². The Balaban J connectivity index is 1.64. The fourth-order valence-electron chi connectivity index (χ4n) is 3.26. The lowest BCUT2D eigenvalue weighted by Crippen LogP contribution is -2.34. The zero-order chi connectivity index (χ0) is 14.5. The van der Waals surface area contributed by atoms with Crippen molar-refractivity contribution in [2.24, 2.45) is 0 Å². The monoisotopic (exact) mass is 282 g/mol. The largest absolute Gasteiger partial charge is 0.375 e. The second-order valence-electron chi connectivity index (χ2n) is 6.84. The predicted octanol–water partition coefficient (Wildman–Crippen LogP) is 6.65. The molecule has 2 atom stereocenters. The van der Waals surface area contributed by atoms with Crippen LogP contribution in [0, 0.1) is 0 Å². The van der Waals surface area contributed by atoms with Gasteiger partial charge in [-0.15, -0.1) is 0 Å². The van der Waals surface area contributed by atoms with Gasteiger partial charge in [0.25, 0.3) is 0 Å². The van der Waals surface area contributed by atoms with Gasteiger partial charge in [0, 0.05) is 0 Å². The van der Waals surface area contributed by atoms with Crippen LogP contribution in [0.4, 0.5) is 0 Å². The van der Waals surface area contributed by atoms with E-state index in [0.717, 1.165) is 0 Å². The zero-order valence-electron chi connectivity index (χ0n) is 14.2. The van der Waals surface area contributed by atoms with Crippen LogP contribution >= 0.6 is 0 Å². The minimum atomic E-state index is 0.543. The lowest BCUT2D eigenvalue weighted by molar-refractivity contribution is -0.117. The Morgan fingerprint density at radius 2 is 1.10 bits per heavy atom. The highest BCUT2D eigenvalue weighted by atomic mass is 16.5. The van der Waals surface area contributed by atoms with E-state index in [1.165, 1.54) is 96.3 Å². The molecule has 2 unspecified atom stereocenters. The molecule has 0 N–H and O–H groups in total. The molecule has 1 aliphatic rings. The smallest absolute Gasteiger partial charge is 0.0603 e. The molecule has 0 aromatic rings. The predicted molar refractivity (Wildman–Crippen MR) is 89.3 cm³/mol. The van der Waals surface area contributed by atoms with Crippen molar-refractivity contribution < 1.29 is 4.74 Å². The maximum atomic E-state index is 5.65. The van der Waals surface area contributed by atoms with E-state index in [4.69, 9.17) is 4.74 Å². The van der Waals surface area contributed by atoms with Crippen LogP contribution in [0.15, 0.2) is 0 Å². The Hall–Kier alpha value is -0.0400. The Morgan fingerprint density at radius 3 is 1.50 bits per heavy atom. The van der Waals surface area contributed by atoms with E-state index in [-0.39, 0.29) is 0 Å². The molecule has 1 heterocycles. The van der Waals surface area contributed by atoms with E-state index >= 15 is 0 Å². The average molecular weight is 283 g/mol. The molecular weight excluding hydrogens is 244 g/mol. The summed E-state index contributed by atoms with van der Waals surface area (Å²) in [5.74, 6) is 0. The molecule has 0 aromatic heterocycles. The van der Waals surface area contributed by atoms with Gasteiger partial charge < -0.3 is 4.74 Å². The third-order valence-corrected chi connectivity index (χ3v) is 4.65. The lowest BCUT2D eigenvalue weighted by Gasteiger charge is -2.33. The SMILES string of the molecule is CCCCCCCCCCCCCCCC1CC(C)O1. The summed E-state index contributed by atoms with van der Waals surface area (Å²) >= 11 is 0. The third-order valence-electron chi connectivity index (χ3n) is 4.65. The number of ether oxygens (including phenoxy) is 1. The molecule has 1 saturated heterocycles. The molecule has 1 heteroatoms. The highest BCUT2D eigenvalue weighted by Crippen LogP contribution is 2.24. The molecule has 0 aromatic carbocycles. The molecule has 1 rings (SSSR count). The van der Waals surface area contributed by atoms with E-state index in [9.17, 15) is 0 Å². The minimum Gasteiger partial charge on any atom is -0.375 e. The second-order valence-corrected chi connectivity index (χ2v) is 6.84. The quantitative estimate of drug-likeness (QED) is 0.324. The summed E-state index contributed by atoms with van der Waals surface area (Å²) in [4.78, 5) is 0. The van der Waals surface area contributed by atoms with Gasteiger partial charge >= 0.3 is 0 Å². The van der Waals surface area contributed by atoms with Gasteiger partial charge in [0.05, 0.1) is 12.2 Å². The van der Waals surface area contributed by atoms with E-state index in [1.807, 2.05) is 0 Å². The number of hydrogen-bond donors (Lipinski definition) is 0. The lowest BCUT2D eigenvalue weighted by atomic mass is 9.99. The highest BCUT2D eigenvalue weighted by Gasteiger charge is 2.24. The molecule has 0 bridgehead atoms. The number of hydrogen-bond acceptors (Lipinski definition) is 1. The summed E-state index contributed by atoms with van der Waals surface area (Å²) in [6.07, 6.45) is 22.5. The van der Waals surface area contributed by atoms with Crippen LogP contribution in [0.5, 0.6) is 0 Å². The van der Waals surface area contributed by atoms with Crippen LogP contribution in [-0.2, 0) is 4.74 Å². The molecule has 20 heavy (non-hydrogen) atoms. The van der Waals surface area contributed by atoms with Gasteiger partial charge in [-0.3, -0.25) is 0 Å². The summed E-state index contributed by atoms with van der Waals surface area (Å²) in [5, 5.41) is 0. The van der Waals surface area contributed by atoms with E-state index < -0.39 is 0 Å². The molecule has 1 fully saturated rings. The first-order valence-electron chi connectivity index (χ1n) is 9.48. The first-order chi connectivity index (χ1) is 9.83. The summed E-state index contributed by atoms with van der Waals surface area (Å²) in [6, 6.07) is 0. The van der Waals surface area contributed by atoms with Crippen LogP contribution in [0.2, 0.25) is 0 Å². The van der Waals surface area contributed by atoms with Gasteiger partial charge in [0.15, 0.2) is 0 Å². The van der Waals surface area contributed by atoms with Crippen molar-refractivity contribution in [1.29, 1.82) is 0 Å². The number of rotatable bonds is 14. The van der Waals surface area contributed by atoms with Crippen molar-refractivity contribution in [3.8, 4) is 0 Å². The molecule has 1 aliphatic heterocycles. The first-order valence-corrected chi connectivity index (χ1v) is 9.48. The fourth-order valence-corrected chi connectivity index (χ4v) is 3.26. The van der Waals surface area contributed by atoms with Crippen LogP contribution < -0.4 is 0 Å². The molecule has 120 valence electrons. The summed E-state index contributed by atoms with van der Waals surface area (Å²) in [6.45, 7) is 4.47. The second kappa shape index (κ2) is 12.7. The van der Waals surface area contributed by atoms with E-state index in [0.29, 0.717) is 12.2 Å². The van der Waals surface area contributed by atoms with Gasteiger partial charge in [-0.2, -0.15) is 0 Å². The Morgan fingerprint density at radius 1 is 0.700 bits per heavy atom. The maximum absolute atomic E-state index is 5.65. The van der Waals surface area contributed by atoms with Crippen molar-refractivity contribution in [1.82, 2.24) is 0 Å². The van der Waals surface area contributed by atoms with Gasteiger partial charge in [-0.05, 0) is 19.8 Å². The zero-order valence-corrected chi connectivity index (χ0v) is 14.2. The van der Waals surface area contributed by atoms with Crippen LogP contribution in [0.3, 0.4) is 0 Å². The molecule has 0 aliphatic carbocycles. The maximum Gasteiger partial charge on any atom is 0.0603 e. The summed E-state index contributed by atoms with van der Waals surface area (Å²) in [5.41, 5.74) is 0. The first kappa shape index (κ1) is 18.0. The molecular formula is C19H38O. The fraction of sp³-hybridized carbons (Fsp3) is 1.00. The topological polar surface area (TPSA) is 9.23 Å². The van der Waals surface area contributed by atoms with Gasteiger partial charge in [0.1, 0.15) is 0 Å². The van der Waals surface area contributed by atoms with Crippen molar-refractivity contribution in [3.63, 3.8) is 0 Å². The Bertz CT molecular complexity index is 196. The molecule has 0 radical (unpaired) electrons. The standard InChI is InChI=1S/C19H38O/c1-3-4-5-6-7-8-9-10-11-12-13-14-15-16-19-17-18(2)20-19/h18-19H,3-17H2,1-2H3. The van der Waals surface area contributed by atoms with Crippen molar-refractivity contribution >= 4 is 0 Å². The van der Waals surface area contributed by atoms with Gasteiger partial charge in [0.2, 0.25) is 0 Å². The highest BCUT2D eigenvalue weighted by molar-refractivity contribution is 4.73. The van der Waals surface area contributed by atoms with Crippen molar-refractivity contribution in [3.05, 3.63) is 0 Å².